The van der Waals surface area contributed by atoms with Crippen LogP contribution in [-0.4, -0.2) is 34.6 Å². The largest absolute Gasteiger partial charge is 0.481 e. The Morgan fingerprint density at radius 2 is 2.33 bits per heavy atom. The highest BCUT2D eigenvalue weighted by molar-refractivity contribution is 5.67. The van der Waals surface area contributed by atoms with Gasteiger partial charge in [0, 0.05) is 19.8 Å². The van der Waals surface area contributed by atoms with Crippen LogP contribution in [0, 0.1) is 0 Å². The standard InChI is InChI=1S/C12H13N3O3/c1-15(7-5-11(16)17)12-13-6-4-9(14-12)10-3-2-8-18-10/h2-4,6,8H,5,7H2,1H3,(H,16,17). The van der Waals surface area contributed by atoms with Gasteiger partial charge in [-0.15, -0.1) is 0 Å². The van der Waals surface area contributed by atoms with E-state index in [2.05, 4.69) is 9.97 Å². The second-order valence-corrected chi connectivity index (χ2v) is 3.78. The number of anilines is 1. The number of aliphatic carboxylic acids is 1. The van der Waals surface area contributed by atoms with Crippen LogP contribution < -0.4 is 4.90 Å². The van der Waals surface area contributed by atoms with Crippen molar-refractivity contribution in [3.8, 4) is 11.5 Å². The molecule has 0 unspecified atom stereocenters. The molecule has 0 spiro atoms. The third-order valence-electron chi connectivity index (χ3n) is 2.42. The minimum atomic E-state index is -0.843. The van der Waals surface area contributed by atoms with Gasteiger partial charge in [-0.25, -0.2) is 9.97 Å². The first kappa shape index (κ1) is 12.1. The molecule has 6 heteroatoms. The maximum absolute atomic E-state index is 10.5. The van der Waals surface area contributed by atoms with Crippen molar-refractivity contribution < 1.29 is 14.3 Å². The summed E-state index contributed by atoms with van der Waals surface area (Å²) in [6, 6.07) is 5.34. The molecule has 6 nitrogen and oxygen atoms in total. The van der Waals surface area contributed by atoms with Crippen LogP contribution in [0.5, 0.6) is 0 Å². The normalized spacial score (nSPS) is 10.3. The van der Waals surface area contributed by atoms with E-state index >= 15 is 0 Å². The molecule has 18 heavy (non-hydrogen) atoms. The third-order valence-corrected chi connectivity index (χ3v) is 2.42. The van der Waals surface area contributed by atoms with Gasteiger partial charge in [0.25, 0.3) is 0 Å². The molecule has 0 saturated heterocycles. The van der Waals surface area contributed by atoms with E-state index in [1.54, 1.807) is 36.5 Å². The number of carbonyl (C=O) groups is 1. The van der Waals surface area contributed by atoms with Crippen molar-refractivity contribution in [2.75, 3.05) is 18.5 Å². The van der Waals surface area contributed by atoms with Gasteiger partial charge in [-0.2, -0.15) is 0 Å². The van der Waals surface area contributed by atoms with Crippen molar-refractivity contribution in [3.63, 3.8) is 0 Å². The zero-order valence-corrected chi connectivity index (χ0v) is 9.91. The van der Waals surface area contributed by atoms with Gasteiger partial charge >= 0.3 is 5.97 Å². The molecule has 0 fully saturated rings. The van der Waals surface area contributed by atoms with Crippen LogP contribution in [0.3, 0.4) is 0 Å². The molecule has 0 radical (unpaired) electrons. The lowest BCUT2D eigenvalue weighted by Crippen LogP contribution is -2.23. The van der Waals surface area contributed by atoms with Crippen LogP contribution in [-0.2, 0) is 4.79 Å². The Bertz CT molecular complexity index is 525. The summed E-state index contributed by atoms with van der Waals surface area (Å²) < 4.78 is 5.25. The predicted molar refractivity (Wildman–Crippen MR) is 65.3 cm³/mol. The van der Waals surface area contributed by atoms with Crippen molar-refractivity contribution in [3.05, 3.63) is 30.7 Å². The average molecular weight is 247 g/mol. The minimum absolute atomic E-state index is 0.0465. The van der Waals surface area contributed by atoms with E-state index in [1.807, 2.05) is 6.07 Å². The van der Waals surface area contributed by atoms with E-state index in [0.717, 1.165) is 0 Å². The zero-order chi connectivity index (χ0) is 13.0. The number of aromatic nitrogens is 2. The van der Waals surface area contributed by atoms with E-state index in [4.69, 9.17) is 9.52 Å². The first-order valence-electron chi connectivity index (χ1n) is 5.46. The molecule has 2 rings (SSSR count). The van der Waals surface area contributed by atoms with Gasteiger partial charge in [-0.05, 0) is 18.2 Å². The molecule has 2 aromatic heterocycles. The second kappa shape index (κ2) is 5.31. The Morgan fingerprint density at radius 3 is 3.00 bits per heavy atom. The number of carboxylic acid groups (broad SMARTS) is 1. The van der Waals surface area contributed by atoms with Crippen molar-refractivity contribution in [2.45, 2.75) is 6.42 Å². The maximum atomic E-state index is 10.5. The smallest absolute Gasteiger partial charge is 0.305 e. The van der Waals surface area contributed by atoms with Crippen molar-refractivity contribution in [2.24, 2.45) is 0 Å². The predicted octanol–water partition coefficient (Wildman–Crippen LogP) is 1.65. The van der Waals surface area contributed by atoms with Gasteiger partial charge < -0.3 is 14.4 Å². The first-order chi connectivity index (χ1) is 8.66. The lowest BCUT2D eigenvalue weighted by Gasteiger charge is -2.15. The minimum Gasteiger partial charge on any atom is -0.481 e. The summed E-state index contributed by atoms with van der Waals surface area (Å²) in [5, 5.41) is 8.63. The molecule has 0 aliphatic heterocycles. The van der Waals surface area contributed by atoms with E-state index in [1.165, 1.54) is 0 Å². The lowest BCUT2D eigenvalue weighted by molar-refractivity contribution is -0.136. The highest BCUT2D eigenvalue weighted by Crippen LogP contribution is 2.18. The number of rotatable bonds is 5. The molecule has 0 bridgehead atoms. The maximum Gasteiger partial charge on any atom is 0.305 e. The van der Waals surface area contributed by atoms with Gasteiger partial charge in [-0.3, -0.25) is 4.79 Å². The van der Waals surface area contributed by atoms with Crippen molar-refractivity contribution in [1.82, 2.24) is 9.97 Å². The van der Waals surface area contributed by atoms with Gasteiger partial charge in [0.2, 0.25) is 5.95 Å². The van der Waals surface area contributed by atoms with Gasteiger partial charge in [0.15, 0.2) is 5.76 Å². The summed E-state index contributed by atoms with van der Waals surface area (Å²) in [5.41, 5.74) is 0.673. The van der Waals surface area contributed by atoms with Crippen LogP contribution >= 0.6 is 0 Å². The molecule has 94 valence electrons. The molecular formula is C12H13N3O3. The molecule has 2 heterocycles. The summed E-state index contributed by atoms with van der Waals surface area (Å²) in [6.45, 7) is 0.358. The quantitative estimate of drug-likeness (QED) is 0.865. The Hall–Kier alpha value is -2.37. The molecule has 0 aliphatic carbocycles. The molecule has 2 aromatic rings. The van der Waals surface area contributed by atoms with Crippen LogP contribution in [0.2, 0.25) is 0 Å². The van der Waals surface area contributed by atoms with E-state index in [-0.39, 0.29) is 6.42 Å². The topological polar surface area (TPSA) is 79.5 Å². The number of hydrogen-bond donors (Lipinski definition) is 1. The van der Waals surface area contributed by atoms with Crippen molar-refractivity contribution in [1.29, 1.82) is 0 Å². The summed E-state index contributed by atoms with van der Waals surface area (Å²) in [4.78, 5) is 20.6. The van der Waals surface area contributed by atoms with Gasteiger partial charge in [0.05, 0.1) is 12.7 Å². The zero-order valence-electron chi connectivity index (χ0n) is 9.91. The molecule has 1 N–H and O–H groups in total. The van der Waals surface area contributed by atoms with Crippen LogP contribution in [0.15, 0.2) is 35.1 Å². The number of furan rings is 1. The molecule has 0 aromatic carbocycles. The first-order valence-corrected chi connectivity index (χ1v) is 5.46. The van der Waals surface area contributed by atoms with E-state index in [0.29, 0.717) is 23.9 Å². The Balaban J connectivity index is 2.14. The average Bonchev–Trinajstić information content (AvgIpc) is 2.90. The van der Waals surface area contributed by atoms with Crippen LogP contribution in [0.1, 0.15) is 6.42 Å². The summed E-state index contributed by atoms with van der Waals surface area (Å²) in [6.07, 6.45) is 3.24. The summed E-state index contributed by atoms with van der Waals surface area (Å²) in [5.74, 6) is 0.291. The van der Waals surface area contributed by atoms with Crippen molar-refractivity contribution >= 4 is 11.9 Å². The molecule has 0 saturated carbocycles. The Kier molecular flexibility index (Phi) is 3.57. The SMILES string of the molecule is CN(CCC(=O)O)c1nccc(-c2ccco2)n1. The summed E-state index contributed by atoms with van der Waals surface area (Å²) >= 11 is 0. The van der Waals surface area contributed by atoms with Gasteiger partial charge in [-0.1, -0.05) is 0 Å². The molecule has 0 atom stereocenters. The van der Waals surface area contributed by atoms with Gasteiger partial charge in [0.1, 0.15) is 5.69 Å². The molecule has 0 aliphatic rings. The third kappa shape index (κ3) is 2.85. The van der Waals surface area contributed by atoms with Crippen LogP contribution in [0.4, 0.5) is 5.95 Å². The van der Waals surface area contributed by atoms with E-state index < -0.39 is 5.97 Å². The second-order valence-electron chi connectivity index (χ2n) is 3.78. The summed E-state index contributed by atoms with van der Waals surface area (Å²) in [7, 11) is 1.75. The number of hydrogen-bond acceptors (Lipinski definition) is 5. The van der Waals surface area contributed by atoms with Crippen LogP contribution in [0.25, 0.3) is 11.5 Å². The fraction of sp³-hybridized carbons (Fsp3) is 0.250. The highest BCUT2D eigenvalue weighted by Gasteiger charge is 2.09. The Morgan fingerprint density at radius 1 is 1.50 bits per heavy atom. The fourth-order valence-corrected chi connectivity index (χ4v) is 1.46. The fourth-order valence-electron chi connectivity index (χ4n) is 1.46. The van der Waals surface area contributed by atoms with E-state index in [9.17, 15) is 4.79 Å². The molecular weight excluding hydrogens is 234 g/mol. The lowest BCUT2D eigenvalue weighted by atomic mass is 10.3. The Labute approximate surface area is 104 Å². The number of nitrogens with zero attached hydrogens (tertiary/aromatic N) is 3. The monoisotopic (exact) mass is 247 g/mol. The number of carboxylic acids is 1. The highest BCUT2D eigenvalue weighted by atomic mass is 16.4. The molecule has 0 amide bonds.